The first-order valence-electron chi connectivity index (χ1n) is 3.46. The van der Waals surface area contributed by atoms with E-state index in [0.29, 0.717) is 0 Å². The smallest absolute Gasteiger partial charge is 0.269 e. The Labute approximate surface area is 77.5 Å². The molecule has 1 aromatic rings. The number of aliphatic hydroxyl groups is 1. The van der Waals surface area contributed by atoms with Gasteiger partial charge in [-0.05, 0) is 5.56 Å². The van der Waals surface area contributed by atoms with Gasteiger partial charge in [-0.1, -0.05) is 12.1 Å². The van der Waals surface area contributed by atoms with E-state index in [1.54, 1.807) is 0 Å². The molecule has 0 fully saturated rings. The van der Waals surface area contributed by atoms with E-state index >= 15 is 0 Å². The maximum Gasteiger partial charge on any atom is 0.269 e. The van der Waals surface area contributed by atoms with Gasteiger partial charge in [-0.3, -0.25) is 10.1 Å². The summed E-state index contributed by atoms with van der Waals surface area (Å²) in [6, 6.07) is 5.05. The molecule has 0 aliphatic heterocycles. The molecule has 0 aliphatic rings. The molecule has 0 saturated heterocycles. The molecular formula is C7H5B2NO3. The second-order valence-corrected chi connectivity index (χ2v) is 2.63. The van der Waals surface area contributed by atoms with Gasteiger partial charge in [0.05, 0.1) is 4.92 Å². The van der Waals surface area contributed by atoms with E-state index in [9.17, 15) is 10.1 Å². The highest BCUT2D eigenvalue weighted by molar-refractivity contribution is 6.38. The van der Waals surface area contributed by atoms with Gasteiger partial charge < -0.3 is 5.11 Å². The quantitative estimate of drug-likeness (QED) is 0.389. The van der Waals surface area contributed by atoms with E-state index < -0.39 is 10.3 Å². The zero-order chi connectivity index (χ0) is 10.1. The van der Waals surface area contributed by atoms with Crippen molar-refractivity contribution in [1.29, 1.82) is 0 Å². The first-order valence-corrected chi connectivity index (χ1v) is 3.46. The van der Waals surface area contributed by atoms with Crippen molar-refractivity contribution in [2.75, 3.05) is 0 Å². The molecule has 4 nitrogen and oxygen atoms in total. The number of nitro groups is 1. The first kappa shape index (κ1) is 9.80. The lowest BCUT2D eigenvalue weighted by Crippen LogP contribution is -2.25. The van der Waals surface area contributed by atoms with Crippen LogP contribution in [0.15, 0.2) is 24.3 Å². The molecule has 0 spiro atoms. The van der Waals surface area contributed by atoms with Gasteiger partial charge in [0, 0.05) is 17.5 Å². The van der Waals surface area contributed by atoms with Crippen LogP contribution in [0.1, 0.15) is 5.56 Å². The number of hydrogen-bond donors (Lipinski definition) is 1. The van der Waals surface area contributed by atoms with Crippen LogP contribution in [-0.2, 0) is 5.40 Å². The van der Waals surface area contributed by atoms with Gasteiger partial charge in [-0.2, -0.15) is 0 Å². The first-order chi connectivity index (χ1) is 5.91. The predicted molar refractivity (Wildman–Crippen MR) is 48.5 cm³/mol. The molecular weight excluding hydrogens is 168 g/mol. The summed E-state index contributed by atoms with van der Waals surface area (Å²) >= 11 is 0. The zero-order valence-electron chi connectivity index (χ0n) is 6.68. The van der Waals surface area contributed by atoms with Gasteiger partial charge >= 0.3 is 0 Å². The Morgan fingerprint density at radius 1 is 1.31 bits per heavy atom. The molecule has 0 heterocycles. The average Bonchev–Trinajstić information content (AvgIpc) is 2.03. The average molecular weight is 173 g/mol. The summed E-state index contributed by atoms with van der Waals surface area (Å²) in [5.74, 6) is 0. The zero-order valence-corrected chi connectivity index (χ0v) is 6.68. The lowest BCUT2D eigenvalue weighted by Gasteiger charge is -2.18. The van der Waals surface area contributed by atoms with E-state index in [-0.39, 0.29) is 11.3 Å². The van der Waals surface area contributed by atoms with Crippen LogP contribution in [0.2, 0.25) is 0 Å². The maximum atomic E-state index is 10.2. The lowest BCUT2D eigenvalue weighted by atomic mass is 9.61. The predicted octanol–water partition coefficient (Wildman–Crippen LogP) is 0.0344. The number of benzene rings is 1. The molecule has 0 saturated carbocycles. The minimum Gasteiger partial charge on any atom is -0.405 e. The molecule has 62 valence electrons. The Bertz CT molecular complexity index is 318. The third-order valence-electron chi connectivity index (χ3n) is 1.54. The molecule has 13 heavy (non-hydrogen) atoms. The van der Waals surface area contributed by atoms with Crippen LogP contribution in [0.5, 0.6) is 0 Å². The molecule has 1 aromatic carbocycles. The van der Waals surface area contributed by atoms with E-state index in [1.165, 1.54) is 24.3 Å². The molecule has 6 heteroatoms. The van der Waals surface area contributed by atoms with Crippen LogP contribution in [0, 0.1) is 10.1 Å². The second-order valence-electron chi connectivity index (χ2n) is 2.63. The van der Waals surface area contributed by atoms with Crippen molar-refractivity contribution in [3.63, 3.8) is 0 Å². The second kappa shape index (κ2) is 3.22. The van der Waals surface area contributed by atoms with Crippen molar-refractivity contribution in [1.82, 2.24) is 0 Å². The largest absolute Gasteiger partial charge is 0.405 e. The fourth-order valence-corrected chi connectivity index (χ4v) is 0.850. The normalized spacial score (nSPS) is 11.2. The molecule has 0 aliphatic carbocycles. The third kappa shape index (κ3) is 2.32. The number of non-ortho nitro benzene ring substituents is 1. The summed E-state index contributed by atoms with van der Waals surface area (Å²) in [6.07, 6.45) is 0. The fraction of sp³-hybridized carbons (Fsp3) is 0.143. The Morgan fingerprint density at radius 2 is 1.77 bits per heavy atom. The molecule has 1 N–H and O–H groups in total. The van der Waals surface area contributed by atoms with Crippen molar-refractivity contribution in [3.8, 4) is 0 Å². The van der Waals surface area contributed by atoms with Gasteiger partial charge in [0.1, 0.15) is 15.7 Å². The molecule has 0 unspecified atom stereocenters. The minimum absolute atomic E-state index is 0.0759. The van der Waals surface area contributed by atoms with E-state index in [1.807, 2.05) is 0 Å². The van der Waals surface area contributed by atoms with Crippen molar-refractivity contribution < 1.29 is 10.0 Å². The van der Waals surface area contributed by atoms with Crippen molar-refractivity contribution in [2.45, 2.75) is 5.40 Å². The summed E-state index contributed by atoms with van der Waals surface area (Å²) in [5, 5.41) is 17.4. The van der Waals surface area contributed by atoms with Gasteiger partial charge in [-0.25, -0.2) is 0 Å². The summed E-state index contributed by atoms with van der Waals surface area (Å²) in [6.45, 7) is 0. The van der Waals surface area contributed by atoms with E-state index in [2.05, 4.69) is 0 Å². The van der Waals surface area contributed by atoms with E-state index in [0.717, 1.165) is 0 Å². The number of nitro benzene ring substituents is 1. The van der Waals surface area contributed by atoms with Crippen LogP contribution in [0.4, 0.5) is 5.69 Å². The van der Waals surface area contributed by atoms with Crippen LogP contribution in [-0.4, -0.2) is 25.7 Å². The Morgan fingerprint density at radius 3 is 2.08 bits per heavy atom. The monoisotopic (exact) mass is 173 g/mol. The number of nitrogens with zero attached hydrogens (tertiary/aromatic N) is 1. The van der Waals surface area contributed by atoms with Gasteiger partial charge in [-0.15, -0.1) is 0 Å². The van der Waals surface area contributed by atoms with Gasteiger partial charge in [0.25, 0.3) is 5.69 Å². The molecule has 0 atom stereocenters. The van der Waals surface area contributed by atoms with Crippen LogP contribution >= 0.6 is 0 Å². The summed E-state index contributed by atoms with van der Waals surface area (Å²) in [7, 11) is 10.3. The third-order valence-corrected chi connectivity index (χ3v) is 1.54. The Hall–Kier alpha value is -1.29. The van der Waals surface area contributed by atoms with Crippen LogP contribution < -0.4 is 0 Å². The van der Waals surface area contributed by atoms with Crippen LogP contribution in [0.3, 0.4) is 0 Å². The minimum atomic E-state index is -1.95. The highest BCUT2D eigenvalue weighted by Gasteiger charge is 2.15. The van der Waals surface area contributed by atoms with E-state index in [4.69, 9.17) is 20.8 Å². The van der Waals surface area contributed by atoms with Crippen molar-refractivity contribution in [3.05, 3.63) is 39.9 Å². The molecule has 4 radical (unpaired) electrons. The lowest BCUT2D eigenvalue weighted by molar-refractivity contribution is -0.384. The Balaban J connectivity index is 3.01. The highest BCUT2D eigenvalue weighted by Crippen LogP contribution is 2.17. The molecule has 0 amide bonds. The SMILES string of the molecule is [B]C([B])(O)c1ccc([N+](=O)[O-])cc1. The topological polar surface area (TPSA) is 63.4 Å². The van der Waals surface area contributed by atoms with Crippen molar-refractivity contribution in [2.24, 2.45) is 0 Å². The summed E-state index contributed by atoms with van der Waals surface area (Å²) < 4.78 is 0. The summed E-state index contributed by atoms with van der Waals surface area (Å²) in [4.78, 5) is 9.70. The number of hydrogen-bond acceptors (Lipinski definition) is 3. The molecule has 0 bridgehead atoms. The van der Waals surface area contributed by atoms with Crippen molar-refractivity contribution >= 4 is 21.4 Å². The fourth-order valence-electron chi connectivity index (χ4n) is 0.850. The molecule has 0 aromatic heterocycles. The highest BCUT2D eigenvalue weighted by atomic mass is 16.6. The Kier molecular flexibility index (Phi) is 2.43. The molecule has 1 rings (SSSR count). The number of rotatable bonds is 2. The van der Waals surface area contributed by atoms with Gasteiger partial charge in [0.2, 0.25) is 0 Å². The van der Waals surface area contributed by atoms with Gasteiger partial charge in [0.15, 0.2) is 0 Å². The maximum absolute atomic E-state index is 10.2. The van der Waals surface area contributed by atoms with Crippen LogP contribution in [0.25, 0.3) is 0 Å². The summed E-state index contributed by atoms with van der Waals surface area (Å²) in [5.41, 5.74) is 0.145. The standard InChI is InChI=1S/C7H5B2NO3/c8-7(9,11)5-1-3-6(4-2-5)10(12)13/h1-4,11H.